The van der Waals surface area contributed by atoms with Crippen LogP contribution in [0, 0.1) is 0 Å². The van der Waals surface area contributed by atoms with Crippen molar-refractivity contribution in [3.05, 3.63) is 11.8 Å². The molecule has 17 heavy (non-hydrogen) atoms. The van der Waals surface area contributed by atoms with Gasteiger partial charge in [0, 0.05) is 44.0 Å². The van der Waals surface area contributed by atoms with Gasteiger partial charge in [0.1, 0.15) is 0 Å². The van der Waals surface area contributed by atoms with Crippen molar-refractivity contribution < 1.29 is 4.52 Å². The van der Waals surface area contributed by atoms with E-state index in [0.29, 0.717) is 5.25 Å². The van der Waals surface area contributed by atoms with Crippen LogP contribution in [0.3, 0.4) is 0 Å². The highest BCUT2D eigenvalue weighted by molar-refractivity contribution is 7.99. The Morgan fingerprint density at radius 1 is 1.35 bits per heavy atom. The molecule has 1 aromatic rings. The maximum absolute atomic E-state index is 5.31. The molecule has 1 fully saturated rings. The van der Waals surface area contributed by atoms with Crippen molar-refractivity contribution in [1.29, 1.82) is 0 Å². The number of aromatic nitrogens is 1. The average Bonchev–Trinajstić information content (AvgIpc) is 2.68. The molecule has 0 atom stereocenters. The fraction of sp³-hybridized carbons (Fsp3) is 0.750. The molecule has 96 valence electrons. The second-order valence-corrected chi connectivity index (χ2v) is 6.46. The van der Waals surface area contributed by atoms with Gasteiger partial charge in [0.25, 0.3) is 0 Å². The summed E-state index contributed by atoms with van der Waals surface area (Å²) in [6.45, 7) is 9.76. The molecule has 2 rings (SSSR count). The van der Waals surface area contributed by atoms with Crippen molar-refractivity contribution in [2.45, 2.75) is 30.7 Å². The molecule has 0 aromatic carbocycles. The van der Waals surface area contributed by atoms with Crippen molar-refractivity contribution in [3.63, 3.8) is 0 Å². The fourth-order valence-electron chi connectivity index (χ4n) is 1.89. The standard InChI is InChI=1S/C12H21N3OS/c1-10(2)17-12-8-11(13-16-12)9-15-6-4-14(3)5-7-15/h8,10H,4-7,9H2,1-3H3. The Labute approximate surface area is 107 Å². The highest BCUT2D eigenvalue weighted by Crippen LogP contribution is 2.23. The van der Waals surface area contributed by atoms with Crippen molar-refractivity contribution in [3.8, 4) is 0 Å². The summed E-state index contributed by atoms with van der Waals surface area (Å²) in [5, 5.41) is 5.61. The Balaban J connectivity index is 1.84. The molecule has 1 saturated heterocycles. The lowest BCUT2D eigenvalue weighted by atomic mass is 10.3. The number of piperazine rings is 1. The summed E-state index contributed by atoms with van der Waals surface area (Å²) in [5.74, 6) is 0. The van der Waals surface area contributed by atoms with Gasteiger partial charge in [-0.3, -0.25) is 4.90 Å². The highest BCUT2D eigenvalue weighted by Gasteiger charge is 2.16. The average molecular weight is 255 g/mol. The van der Waals surface area contributed by atoms with Gasteiger partial charge in [-0.1, -0.05) is 30.8 Å². The molecule has 0 radical (unpaired) electrons. The highest BCUT2D eigenvalue weighted by atomic mass is 32.2. The zero-order valence-electron chi connectivity index (χ0n) is 10.8. The molecule has 0 bridgehead atoms. The predicted molar refractivity (Wildman–Crippen MR) is 70.3 cm³/mol. The first-order valence-corrected chi connectivity index (χ1v) is 7.04. The smallest absolute Gasteiger partial charge is 0.193 e. The monoisotopic (exact) mass is 255 g/mol. The molecule has 0 saturated carbocycles. The number of nitrogens with zero attached hydrogens (tertiary/aromatic N) is 3. The molecule has 4 nitrogen and oxygen atoms in total. The fourth-order valence-corrected chi connectivity index (χ4v) is 2.64. The molecular weight excluding hydrogens is 234 g/mol. The van der Waals surface area contributed by atoms with Gasteiger partial charge in [-0.2, -0.15) is 0 Å². The van der Waals surface area contributed by atoms with Crippen LogP contribution in [-0.2, 0) is 6.54 Å². The van der Waals surface area contributed by atoms with E-state index < -0.39 is 0 Å². The van der Waals surface area contributed by atoms with E-state index in [1.807, 2.05) is 0 Å². The van der Waals surface area contributed by atoms with Crippen LogP contribution in [0.1, 0.15) is 19.5 Å². The Morgan fingerprint density at radius 3 is 2.71 bits per heavy atom. The summed E-state index contributed by atoms with van der Waals surface area (Å²) in [6, 6.07) is 2.07. The van der Waals surface area contributed by atoms with Gasteiger partial charge in [-0.05, 0) is 7.05 Å². The van der Waals surface area contributed by atoms with Crippen LogP contribution in [0.25, 0.3) is 0 Å². The Kier molecular flexibility index (Phi) is 4.48. The van der Waals surface area contributed by atoms with Crippen LogP contribution in [0.5, 0.6) is 0 Å². The largest absolute Gasteiger partial charge is 0.350 e. The van der Waals surface area contributed by atoms with Gasteiger partial charge in [0.05, 0.1) is 5.69 Å². The Hall–Kier alpha value is -0.520. The van der Waals surface area contributed by atoms with Gasteiger partial charge >= 0.3 is 0 Å². The van der Waals surface area contributed by atoms with Crippen LogP contribution in [0.15, 0.2) is 15.7 Å². The van der Waals surface area contributed by atoms with Crippen LogP contribution < -0.4 is 0 Å². The lowest BCUT2D eigenvalue weighted by molar-refractivity contribution is 0.145. The maximum atomic E-state index is 5.31. The van der Waals surface area contributed by atoms with Crippen molar-refractivity contribution in [1.82, 2.24) is 15.0 Å². The van der Waals surface area contributed by atoms with Crippen LogP contribution in [0.4, 0.5) is 0 Å². The van der Waals surface area contributed by atoms with E-state index in [2.05, 4.69) is 41.9 Å². The summed E-state index contributed by atoms with van der Waals surface area (Å²) < 4.78 is 5.31. The molecule has 0 aliphatic carbocycles. The maximum Gasteiger partial charge on any atom is 0.193 e. The molecule has 2 heterocycles. The molecule has 5 heteroatoms. The summed E-state index contributed by atoms with van der Waals surface area (Å²) in [4.78, 5) is 4.79. The quantitative estimate of drug-likeness (QED) is 0.768. The number of rotatable bonds is 4. The van der Waals surface area contributed by atoms with E-state index in [1.54, 1.807) is 11.8 Å². The molecule has 0 amide bonds. The molecule has 0 unspecified atom stereocenters. The third-order valence-corrected chi connectivity index (χ3v) is 3.77. The third kappa shape index (κ3) is 4.01. The number of hydrogen-bond donors (Lipinski definition) is 0. The van der Waals surface area contributed by atoms with Crippen LogP contribution in [0.2, 0.25) is 0 Å². The third-order valence-electron chi connectivity index (χ3n) is 2.87. The lowest BCUT2D eigenvalue weighted by Crippen LogP contribution is -2.43. The minimum Gasteiger partial charge on any atom is -0.350 e. The summed E-state index contributed by atoms with van der Waals surface area (Å²) in [5.41, 5.74) is 1.05. The lowest BCUT2D eigenvalue weighted by Gasteiger charge is -2.31. The zero-order chi connectivity index (χ0) is 12.3. The van der Waals surface area contributed by atoms with E-state index in [-0.39, 0.29) is 0 Å². The second-order valence-electron chi connectivity index (χ2n) is 4.88. The van der Waals surface area contributed by atoms with Crippen molar-refractivity contribution in [2.24, 2.45) is 0 Å². The normalized spacial score (nSPS) is 19.1. The molecule has 1 aromatic heterocycles. The number of thioether (sulfide) groups is 1. The van der Waals surface area contributed by atoms with Gasteiger partial charge in [0.2, 0.25) is 0 Å². The zero-order valence-corrected chi connectivity index (χ0v) is 11.7. The summed E-state index contributed by atoms with van der Waals surface area (Å²) in [7, 11) is 2.17. The topological polar surface area (TPSA) is 32.5 Å². The van der Waals surface area contributed by atoms with E-state index >= 15 is 0 Å². The van der Waals surface area contributed by atoms with Gasteiger partial charge in [-0.15, -0.1) is 0 Å². The van der Waals surface area contributed by atoms with Crippen LogP contribution in [-0.4, -0.2) is 53.4 Å². The van der Waals surface area contributed by atoms with Gasteiger partial charge < -0.3 is 9.42 Å². The van der Waals surface area contributed by atoms with Gasteiger partial charge in [-0.25, -0.2) is 0 Å². The Bertz CT molecular complexity index is 345. The van der Waals surface area contributed by atoms with Crippen molar-refractivity contribution >= 4 is 11.8 Å². The molecule has 0 spiro atoms. The predicted octanol–water partition coefficient (Wildman–Crippen LogP) is 1.92. The van der Waals surface area contributed by atoms with Crippen molar-refractivity contribution in [2.75, 3.05) is 33.2 Å². The van der Waals surface area contributed by atoms with E-state index in [0.717, 1.165) is 43.5 Å². The molecule has 1 aliphatic rings. The first kappa shape index (κ1) is 12.9. The minimum absolute atomic E-state index is 0.541. The van der Waals surface area contributed by atoms with E-state index in [9.17, 15) is 0 Å². The molecule has 0 N–H and O–H groups in total. The second kappa shape index (κ2) is 5.89. The number of likely N-dealkylation sites (N-methyl/N-ethyl adjacent to an activating group) is 1. The van der Waals surface area contributed by atoms with E-state index in [4.69, 9.17) is 4.52 Å². The first-order valence-electron chi connectivity index (χ1n) is 6.16. The summed E-state index contributed by atoms with van der Waals surface area (Å²) >= 11 is 1.73. The summed E-state index contributed by atoms with van der Waals surface area (Å²) in [6.07, 6.45) is 0. The number of hydrogen-bond acceptors (Lipinski definition) is 5. The van der Waals surface area contributed by atoms with Crippen LogP contribution >= 0.6 is 11.8 Å². The Morgan fingerprint density at radius 2 is 2.06 bits per heavy atom. The minimum atomic E-state index is 0.541. The molecule has 1 aliphatic heterocycles. The molecular formula is C12H21N3OS. The SMILES string of the molecule is CC(C)Sc1cc(CN2CCN(C)CC2)no1. The first-order chi connectivity index (χ1) is 8.13. The van der Waals surface area contributed by atoms with E-state index in [1.165, 1.54) is 0 Å². The van der Waals surface area contributed by atoms with Gasteiger partial charge in [0.15, 0.2) is 5.09 Å².